The Hall–Kier alpha value is -5.03. The summed E-state index contributed by atoms with van der Waals surface area (Å²) in [5, 5.41) is 13.7. The summed E-state index contributed by atoms with van der Waals surface area (Å²) in [6.45, 7) is 17.7. The Labute approximate surface area is 365 Å². The van der Waals surface area contributed by atoms with Gasteiger partial charge in [-0.05, 0) is 82.0 Å². The molecule has 11 heteroatoms. The monoisotopic (exact) mass is 841 g/mol. The van der Waals surface area contributed by atoms with Crippen molar-refractivity contribution in [2.75, 3.05) is 13.7 Å². The number of hydrogen-bond acceptors (Lipinski definition) is 8. The molecular formula is C50H73FN6O4. The number of carbonyl (C=O) groups excluding carboxylic acids is 2. The van der Waals surface area contributed by atoms with Crippen LogP contribution in [-0.2, 0) is 39.9 Å². The summed E-state index contributed by atoms with van der Waals surface area (Å²) in [4.78, 5) is 43.5. The van der Waals surface area contributed by atoms with Gasteiger partial charge in [-0.1, -0.05) is 120 Å². The number of halogens is 1. The Morgan fingerprint density at radius 3 is 2.15 bits per heavy atom. The van der Waals surface area contributed by atoms with Crippen LogP contribution in [0.1, 0.15) is 147 Å². The lowest BCUT2D eigenvalue weighted by Gasteiger charge is -2.28. The van der Waals surface area contributed by atoms with E-state index < -0.39 is 5.54 Å². The zero-order chi connectivity index (χ0) is 45.0. The fourth-order valence-corrected chi connectivity index (χ4v) is 6.92. The summed E-state index contributed by atoms with van der Waals surface area (Å²) in [6, 6.07) is 6.37. The van der Waals surface area contributed by atoms with Crippen LogP contribution in [0.5, 0.6) is 0 Å². The van der Waals surface area contributed by atoms with Crippen LogP contribution in [0.4, 0.5) is 4.39 Å². The number of hydrogen-bond donors (Lipinski definition) is 2. The van der Waals surface area contributed by atoms with Gasteiger partial charge in [0.25, 0.3) is 11.5 Å². The molecule has 0 atom stereocenters. The van der Waals surface area contributed by atoms with Crippen molar-refractivity contribution in [2.45, 2.75) is 149 Å². The smallest absolute Gasteiger partial charge is 0.268 e. The van der Waals surface area contributed by atoms with E-state index in [2.05, 4.69) is 45.9 Å². The van der Waals surface area contributed by atoms with E-state index in [-0.39, 0.29) is 35.9 Å². The van der Waals surface area contributed by atoms with Crippen LogP contribution < -0.4 is 16.2 Å². The Bertz CT molecular complexity index is 1920. The molecule has 0 saturated carbocycles. The number of methoxy groups -OCH3 is 1. The molecule has 10 nitrogen and oxygen atoms in total. The van der Waals surface area contributed by atoms with E-state index in [1.807, 2.05) is 37.3 Å². The quantitative estimate of drug-likeness (QED) is 0.0800. The van der Waals surface area contributed by atoms with E-state index in [0.717, 1.165) is 28.8 Å². The first-order valence-corrected chi connectivity index (χ1v) is 22.0. The average Bonchev–Trinajstić information content (AvgIpc) is 3.56. The minimum absolute atomic E-state index is 0.0168. The minimum Gasteiger partial charge on any atom is -0.387 e. The maximum Gasteiger partial charge on any atom is 0.268 e. The first-order chi connectivity index (χ1) is 29.3. The van der Waals surface area contributed by atoms with Gasteiger partial charge in [-0.3, -0.25) is 19.0 Å². The van der Waals surface area contributed by atoms with Gasteiger partial charge in [0.2, 0.25) is 0 Å². The first-order valence-electron chi connectivity index (χ1n) is 22.0. The highest BCUT2D eigenvalue weighted by Crippen LogP contribution is 2.22. The van der Waals surface area contributed by atoms with Crippen LogP contribution in [0.25, 0.3) is 0 Å². The van der Waals surface area contributed by atoms with Crippen LogP contribution in [0.3, 0.4) is 0 Å². The van der Waals surface area contributed by atoms with E-state index in [1.165, 1.54) is 93.7 Å². The van der Waals surface area contributed by atoms with Crippen molar-refractivity contribution < 1.29 is 18.7 Å². The molecule has 0 saturated heterocycles. The van der Waals surface area contributed by atoms with Crippen molar-refractivity contribution in [2.24, 2.45) is 17.3 Å². The third-order valence-corrected chi connectivity index (χ3v) is 10.4. The van der Waals surface area contributed by atoms with Crippen LogP contribution >= 0.6 is 0 Å². The molecule has 0 radical (unpaired) electrons. The molecule has 2 heterocycles. The number of rotatable bonds is 24. The van der Waals surface area contributed by atoms with Crippen molar-refractivity contribution in [1.29, 1.82) is 0 Å². The van der Waals surface area contributed by atoms with E-state index in [4.69, 9.17) is 4.74 Å². The molecule has 4 rings (SSSR count). The van der Waals surface area contributed by atoms with E-state index in [9.17, 15) is 18.8 Å². The van der Waals surface area contributed by atoms with Gasteiger partial charge in [0.15, 0.2) is 0 Å². The van der Waals surface area contributed by atoms with Crippen molar-refractivity contribution in [3.63, 3.8) is 0 Å². The first kappa shape index (κ1) is 52.1. The van der Waals surface area contributed by atoms with Crippen molar-refractivity contribution >= 4 is 23.1 Å². The number of nitrogens with zero attached hydrogens (tertiary/aromatic N) is 4. The highest BCUT2D eigenvalue weighted by molar-refractivity contribution is 6.43. The highest BCUT2D eigenvalue weighted by Gasteiger charge is 2.31. The van der Waals surface area contributed by atoms with Gasteiger partial charge in [0.05, 0.1) is 12.1 Å². The molecule has 0 unspecified atom stereocenters. The van der Waals surface area contributed by atoms with Gasteiger partial charge < -0.3 is 15.4 Å². The fraction of sp³-hybridized carbons (Fsp3) is 0.520. The molecule has 334 valence electrons. The lowest BCUT2D eigenvalue weighted by Crippen LogP contribution is -2.48. The van der Waals surface area contributed by atoms with Crippen LogP contribution in [-0.4, -0.2) is 46.4 Å². The number of benzene rings is 1. The zero-order valence-corrected chi connectivity index (χ0v) is 38.2. The van der Waals surface area contributed by atoms with Gasteiger partial charge >= 0.3 is 0 Å². The number of amides is 1. The summed E-state index contributed by atoms with van der Waals surface area (Å²) in [5.74, 6) is -0.235. The predicted molar refractivity (Wildman–Crippen MR) is 250 cm³/mol. The Kier molecular flexibility index (Phi) is 25.0. The second-order valence-corrected chi connectivity index (χ2v) is 16.2. The molecule has 2 aromatic rings. The van der Waals surface area contributed by atoms with Gasteiger partial charge in [-0.15, -0.1) is 11.7 Å². The summed E-state index contributed by atoms with van der Waals surface area (Å²) in [6.07, 6.45) is 29.9. The van der Waals surface area contributed by atoms with Gasteiger partial charge in [-0.2, -0.15) is 5.10 Å². The molecule has 1 aromatic carbocycles. The number of ketones is 1. The fourth-order valence-electron chi connectivity index (χ4n) is 6.92. The molecule has 1 amide bonds. The van der Waals surface area contributed by atoms with Crippen LogP contribution in [0.2, 0.25) is 0 Å². The molecule has 0 fully saturated rings. The van der Waals surface area contributed by atoms with Gasteiger partial charge in [0.1, 0.15) is 23.1 Å². The molecule has 0 bridgehead atoms. The second-order valence-electron chi connectivity index (χ2n) is 16.2. The molecule has 61 heavy (non-hydrogen) atoms. The Morgan fingerprint density at radius 1 is 0.934 bits per heavy atom. The third-order valence-electron chi connectivity index (χ3n) is 10.4. The largest absolute Gasteiger partial charge is 0.387 e. The minimum atomic E-state index is -0.949. The average molecular weight is 841 g/mol. The van der Waals surface area contributed by atoms with Crippen molar-refractivity contribution in [1.82, 2.24) is 20.2 Å². The summed E-state index contributed by atoms with van der Waals surface area (Å²) in [7, 11) is 3.22. The Balaban J connectivity index is 0.000000402. The summed E-state index contributed by atoms with van der Waals surface area (Å²) >= 11 is 0. The summed E-state index contributed by atoms with van der Waals surface area (Å²) < 4.78 is 19.0. The SMILES string of the molecule is C=CCCCCCCCCCCCCC.C=CNCc1ccc(F)cc1.COCC1=CC=CCC=C1CC(=O)Cc1c(C)nc(C(C)(C)NC(=O)C2=NN=C(C)C2)n(C)c1=O. The maximum absolute atomic E-state index is 13.3. The van der Waals surface area contributed by atoms with E-state index >= 15 is 0 Å². The topological polar surface area (TPSA) is 127 Å². The van der Waals surface area contributed by atoms with Crippen molar-refractivity contribution in [3.8, 4) is 0 Å². The van der Waals surface area contributed by atoms with E-state index in [1.54, 1.807) is 53.3 Å². The number of unbranched alkanes of at least 4 members (excludes halogenated alkanes) is 11. The number of ether oxygens (including phenoxy) is 1. The number of aryl methyl sites for hydroxylation is 1. The molecular weight excluding hydrogens is 768 g/mol. The number of carbonyl (C=O) groups is 2. The molecule has 1 aliphatic carbocycles. The van der Waals surface area contributed by atoms with Gasteiger partial charge in [0, 0.05) is 56.9 Å². The number of nitrogens with one attached hydrogen (secondary N) is 2. The summed E-state index contributed by atoms with van der Waals surface area (Å²) in [5.41, 5.74) is 3.59. The third kappa shape index (κ3) is 19.9. The number of aromatic nitrogens is 2. The molecule has 2 N–H and O–H groups in total. The maximum atomic E-state index is 13.3. The second kappa shape index (κ2) is 29.3. The van der Waals surface area contributed by atoms with Crippen LogP contribution in [0.15, 0.2) is 100 Å². The Morgan fingerprint density at radius 2 is 1.57 bits per heavy atom. The lowest BCUT2D eigenvalue weighted by atomic mass is 9.96. The molecule has 2 aliphatic rings. The highest BCUT2D eigenvalue weighted by atomic mass is 19.1. The normalized spacial score (nSPS) is 13.2. The zero-order valence-electron chi connectivity index (χ0n) is 38.2. The lowest BCUT2D eigenvalue weighted by molar-refractivity contribution is -0.118. The standard InChI is InChI=1S/C26H33N5O4.C15H30.C9H10FN/c1-16-12-22(30-29-16)23(33)28-26(3,4)25-27-17(2)21(24(34)31(25)5)14-20(32)13-18-10-8-7-9-11-19(18)15-35-6;1-3-5-7-9-11-13-15-14-12-10-8-6-4-2;1-2-11-7-8-3-5-9(10)6-4-8/h7,9-11H,8,12-15H2,1-6H3,(H,28,33);3H,1,4-15H2,2H3;2-6,11H,1,7H2. The molecule has 1 aliphatic heterocycles. The number of Topliss-reactive ketones (excluding diaryl/α,β-unsaturated/α-hetero) is 1. The molecule has 1 aromatic heterocycles. The predicted octanol–water partition coefficient (Wildman–Crippen LogP) is 10.6. The van der Waals surface area contributed by atoms with Crippen LogP contribution in [0, 0.1) is 12.7 Å². The van der Waals surface area contributed by atoms with Crippen molar-refractivity contribution in [3.05, 3.63) is 124 Å². The molecule has 0 spiro atoms. The van der Waals surface area contributed by atoms with E-state index in [0.29, 0.717) is 42.4 Å². The van der Waals surface area contributed by atoms with Gasteiger partial charge in [-0.25, -0.2) is 9.37 Å². The number of allylic oxidation sites excluding steroid dienone is 5.